The summed E-state index contributed by atoms with van der Waals surface area (Å²) in [7, 11) is 0. The Morgan fingerprint density at radius 1 is 1.47 bits per heavy atom. The Hall–Kier alpha value is -1.73. The van der Waals surface area contributed by atoms with Crippen molar-refractivity contribution < 1.29 is 9.53 Å². The summed E-state index contributed by atoms with van der Waals surface area (Å²) in [6.07, 6.45) is 0.258. The molecule has 5 heteroatoms. The Balaban J connectivity index is 2.46. The molecule has 1 aromatic carbocycles. The largest absolute Gasteiger partial charge is 0.460 e. The van der Waals surface area contributed by atoms with Gasteiger partial charge in [-0.15, -0.1) is 0 Å². The van der Waals surface area contributed by atoms with Gasteiger partial charge in [0.15, 0.2) is 0 Å². The molecule has 1 N–H and O–H groups in total. The van der Waals surface area contributed by atoms with Crippen LogP contribution in [0.25, 0.3) is 0 Å². The molecular formula is C14H17ClN2O2. The van der Waals surface area contributed by atoms with Crippen molar-refractivity contribution in [3.63, 3.8) is 0 Å². The van der Waals surface area contributed by atoms with Gasteiger partial charge in [-0.2, -0.15) is 5.26 Å². The maximum absolute atomic E-state index is 11.5. The SMILES string of the molecule is CC(C)(C)OC(=O)CCNc1ccc(C#N)cc1Cl. The molecule has 0 aliphatic rings. The quantitative estimate of drug-likeness (QED) is 0.859. The molecule has 0 saturated carbocycles. The van der Waals surface area contributed by atoms with Gasteiger partial charge in [0.25, 0.3) is 0 Å². The van der Waals surface area contributed by atoms with Gasteiger partial charge in [-0.3, -0.25) is 4.79 Å². The Morgan fingerprint density at radius 3 is 2.68 bits per heavy atom. The van der Waals surface area contributed by atoms with Gasteiger partial charge in [-0.25, -0.2) is 0 Å². The lowest BCUT2D eigenvalue weighted by atomic mass is 10.2. The molecular weight excluding hydrogens is 264 g/mol. The third-order valence-electron chi connectivity index (χ3n) is 2.16. The summed E-state index contributed by atoms with van der Waals surface area (Å²) in [6.45, 7) is 5.92. The van der Waals surface area contributed by atoms with Crippen molar-refractivity contribution in [1.29, 1.82) is 5.26 Å². The zero-order valence-electron chi connectivity index (χ0n) is 11.3. The van der Waals surface area contributed by atoms with Crippen LogP contribution in [0.2, 0.25) is 5.02 Å². The van der Waals surface area contributed by atoms with Crippen molar-refractivity contribution in [2.75, 3.05) is 11.9 Å². The van der Waals surface area contributed by atoms with Gasteiger partial charge >= 0.3 is 5.97 Å². The summed E-state index contributed by atoms with van der Waals surface area (Å²) < 4.78 is 5.19. The zero-order valence-corrected chi connectivity index (χ0v) is 12.0. The number of ether oxygens (including phenoxy) is 1. The second kappa shape index (κ2) is 6.44. The number of nitriles is 1. The lowest BCUT2D eigenvalue weighted by molar-refractivity contribution is -0.154. The molecule has 19 heavy (non-hydrogen) atoms. The molecule has 0 amide bonds. The van der Waals surface area contributed by atoms with E-state index in [1.807, 2.05) is 26.8 Å². The topological polar surface area (TPSA) is 62.1 Å². The smallest absolute Gasteiger partial charge is 0.308 e. The number of rotatable bonds is 4. The molecule has 0 aromatic heterocycles. The average molecular weight is 281 g/mol. The van der Waals surface area contributed by atoms with Crippen LogP contribution in [-0.4, -0.2) is 18.1 Å². The van der Waals surface area contributed by atoms with E-state index >= 15 is 0 Å². The van der Waals surface area contributed by atoms with E-state index in [0.29, 0.717) is 22.8 Å². The highest BCUT2D eigenvalue weighted by atomic mass is 35.5. The predicted molar refractivity (Wildman–Crippen MR) is 75.1 cm³/mol. The predicted octanol–water partition coefficient (Wildman–Crippen LogP) is 3.36. The number of halogens is 1. The standard InChI is InChI=1S/C14H17ClN2O2/c1-14(2,3)19-13(18)6-7-17-12-5-4-10(9-16)8-11(12)15/h4-5,8,17H,6-7H2,1-3H3. The van der Waals surface area contributed by atoms with Crippen molar-refractivity contribution in [2.24, 2.45) is 0 Å². The Kier molecular flexibility index (Phi) is 5.20. The minimum absolute atomic E-state index is 0.258. The molecule has 4 nitrogen and oxygen atoms in total. The molecule has 0 spiro atoms. The van der Waals surface area contributed by atoms with Crippen molar-refractivity contribution in [2.45, 2.75) is 32.8 Å². The Labute approximate surface area is 118 Å². The van der Waals surface area contributed by atoms with Gasteiger partial charge in [-0.05, 0) is 39.0 Å². The van der Waals surface area contributed by atoms with Crippen molar-refractivity contribution in [3.8, 4) is 6.07 Å². The maximum Gasteiger partial charge on any atom is 0.308 e. The average Bonchev–Trinajstić information content (AvgIpc) is 2.28. The van der Waals surface area contributed by atoms with E-state index in [4.69, 9.17) is 21.6 Å². The number of anilines is 1. The lowest BCUT2D eigenvalue weighted by Gasteiger charge is -2.19. The number of carbonyl (C=O) groups is 1. The number of nitrogens with one attached hydrogen (secondary N) is 1. The summed E-state index contributed by atoms with van der Waals surface area (Å²) in [5.74, 6) is -0.259. The summed E-state index contributed by atoms with van der Waals surface area (Å²) in [6, 6.07) is 6.98. The Morgan fingerprint density at radius 2 is 2.16 bits per heavy atom. The highest BCUT2D eigenvalue weighted by Crippen LogP contribution is 2.22. The third-order valence-corrected chi connectivity index (χ3v) is 2.48. The number of benzene rings is 1. The summed E-state index contributed by atoms with van der Waals surface area (Å²) in [4.78, 5) is 11.5. The first kappa shape index (κ1) is 15.3. The fourth-order valence-corrected chi connectivity index (χ4v) is 1.67. The molecule has 0 aliphatic heterocycles. The molecule has 102 valence electrons. The van der Waals surface area contributed by atoms with Crippen molar-refractivity contribution in [1.82, 2.24) is 0 Å². The zero-order chi connectivity index (χ0) is 14.5. The van der Waals surface area contributed by atoms with Crippen LogP contribution in [0.1, 0.15) is 32.8 Å². The van der Waals surface area contributed by atoms with E-state index in [9.17, 15) is 4.79 Å². The minimum Gasteiger partial charge on any atom is -0.460 e. The molecule has 0 fully saturated rings. The molecule has 0 aliphatic carbocycles. The fourth-order valence-electron chi connectivity index (χ4n) is 1.42. The van der Waals surface area contributed by atoms with Gasteiger partial charge in [0.2, 0.25) is 0 Å². The van der Waals surface area contributed by atoms with Gasteiger partial charge in [0.05, 0.1) is 28.8 Å². The molecule has 1 aromatic rings. The van der Waals surface area contributed by atoms with Gasteiger partial charge in [-0.1, -0.05) is 11.6 Å². The molecule has 0 atom stereocenters. The minimum atomic E-state index is -0.469. The van der Waals surface area contributed by atoms with Crippen molar-refractivity contribution in [3.05, 3.63) is 28.8 Å². The fraction of sp³-hybridized carbons (Fsp3) is 0.429. The molecule has 0 saturated heterocycles. The van der Waals surface area contributed by atoms with Crippen LogP contribution in [0.3, 0.4) is 0 Å². The van der Waals surface area contributed by atoms with Crippen LogP contribution in [0.15, 0.2) is 18.2 Å². The first-order valence-electron chi connectivity index (χ1n) is 5.97. The first-order chi connectivity index (χ1) is 8.81. The van der Waals surface area contributed by atoms with E-state index in [1.54, 1.807) is 18.2 Å². The highest BCUT2D eigenvalue weighted by molar-refractivity contribution is 6.33. The summed E-state index contributed by atoms with van der Waals surface area (Å²) in [5, 5.41) is 12.2. The molecule has 1 rings (SSSR count). The monoisotopic (exact) mass is 280 g/mol. The number of hydrogen-bond acceptors (Lipinski definition) is 4. The molecule has 0 unspecified atom stereocenters. The van der Waals surface area contributed by atoms with Gasteiger partial charge in [0, 0.05) is 6.54 Å². The van der Waals surface area contributed by atoms with E-state index in [-0.39, 0.29) is 12.4 Å². The molecule has 0 radical (unpaired) electrons. The van der Waals surface area contributed by atoms with Crippen molar-refractivity contribution >= 4 is 23.3 Å². The van der Waals surface area contributed by atoms with Gasteiger partial charge in [0.1, 0.15) is 5.60 Å². The van der Waals surface area contributed by atoms with Gasteiger partial charge < -0.3 is 10.1 Å². The highest BCUT2D eigenvalue weighted by Gasteiger charge is 2.15. The number of hydrogen-bond donors (Lipinski definition) is 1. The summed E-state index contributed by atoms with van der Waals surface area (Å²) >= 11 is 6.00. The molecule has 0 bridgehead atoms. The maximum atomic E-state index is 11.5. The van der Waals surface area contributed by atoms with E-state index in [0.717, 1.165) is 0 Å². The van der Waals surface area contributed by atoms with Crippen LogP contribution < -0.4 is 5.32 Å². The van der Waals surface area contributed by atoms with E-state index in [2.05, 4.69) is 5.32 Å². The van der Waals surface area contributed by atoms with E-state index < -0.39 is 5.60 Å². The second-order valence-corrected chi connectivity index (χ2v) is 5.48. The normalized spacial score (nSPS) is 10.7. The second-order valence-electron chi connectivity index (χ2n) is 5.07. The molecule has 0 heterocycles. The Bertz CT molecular complexity index is 501. The third kappa shape index (κ3) is 5.62. The summed E-state index contributed by atoms with van der Waals surface area (Å²) in [5.41, 5.74) is 0.732. The van der Waals surface area contributed by atoms with Crippen LogP contribution in [0, 0.1) is 11.3 Å². The van der Waals surface area contributed by atoms with E-state index in [1.165, 1.54) is 0 Å². The lowest BCUT2D eigenvalue weighted by Crippen LogP contribution is -2.25. The van der Waals surface area contributed by atoms with Crippen LogP contribution in [-0.2, 0) is 9.53 Å². The number of nitrogens with zero attached hydrogens (tertiary/aromatic N) is 1. The number of carbonyl (C=O) groups excluding carboxylic acids is 1. The van der Waals surface area contributed by atoms with Crippen LogP contribution in [0.4, 0.5) is 5.69 Å². The van der Waals surface area contributed by atoms with Crippen LogP contribution in [0.5, 0.6) is 0 Å². The van der Waals surface area contributed by atoms with Crippen LogP contribution >= 0.6 is 11.6 Å². The first-order valence-corrected chi connectivity index (χ1v) is 6.35. The number of esters is 1.